The van der Waals surface area contributed by atoms with E-state index in [2.05, 4.69) is 26.1 Å². The van der Waals surface area contributed by atoms with Crippen LogP contribution in [0, 0.1) is 12.8 Å². The van der Waals surface area contributed by atoms with E-state index in [-0.39, 0.29) is 29.7 Å². The van der Waals surface area contributed by atoms with E-state index in [0.29, 0.717) is 18.8 Å². The van der Waals surface area contributed by atoms with Crippen molar-refractivity contribution in [3.05, 3.63) is 64.0 Å². The lowest BCUT2D eigenvalue weighted by Crippen LogP contribution is -2.41. The van der Waals surface area contributed by atoms with E-state index >= 15 is 0 Å². The monoisotopic (exact) mass is 466 g/mol. The zero-order valence-corrected chi connectivity index (χ0v) is 21.2. The molecule has 0 aliphatic carbocycles. The fraction of sp³-hybridized carbons (Fsp3) is 0.423. The van der Waals surface area contributed by atoms with E-state index in [1.807, 2.05) is 68.6 Å². The zero-order chi connectivity index (χ0) is 24.2. The van der Waals surface area contributed by atoms with Crippen LogP contribution in [-0.4, -0.2) is 39.6 Å². The molecular weight excluding hydrogens is 432 g/mol. The van der Waals surface area contributed by atoms with Gasteiger partial charge >= 0.3 is 0 Å². The van der Waals surface area contributed by atoms with Crippen LogP contribution in [0.3, 0.4) is 0 Å². The first-order valence-electron chi connectivity index (χ1n) is 11.3. The second-order valence-corrected chi connectivity index (χ2v) is 10.9. The molecule has 33 heavy (non-hydrogen) atoms. The van der Waals surface area contributed by atoms with Crippen molar-refractivity contribution in [2.24, 2.45) is 5.92 Å². The average Bonchev–Trinajstić information content (AvgIpc) is 3.37. The molecule has 0 fully saturated rings. The number of hydrogen-bond donors (Lipinski definition) is 1. The van der Waals surface area contributed by atoms with Gasteiger partial charge in [-0.2, -0.15) is 5.10 Å². The number of thiophene rings is 1. The van der Waals surface area contributed by atoms with Gasteiger partial charge in [-0.05, 0) is 35.9 Å². The highest BCUT2D eigenvalue weighted by Gasteiger charge is 2.24. The van der Waals surface area contributed by atoms with Gasteiger partial charge in [-0.25, -0.2) is 4.68 Å². The summed E-state index contributed by atoms with van der Waals surface area (Å²) in [5.74, 6) is 0.596. The van der Waals surface area contributed by atoms with Crippen LogP contribution in [0.1, 0.15) is 50.8 Å². The van der Waals surface area contributed by atoms with Crippen LogP contribution in [0.25, 0.3) is 5.69 Å². The number of benzene rings is 1. The molecule has 0 radical (unpaired) electrons. The highest BCUT2D eigenvalue weighted by Crippen LogP contribution is 2.27. The van der Waals surface area contributed by atoms with Crippen molar-refractivity contribution in [1.29, 1.82) is 0 Å². The van der Waals surface area contributed by atoms with Crippen LogP contribution in [-0.2, 0) is 21.4 Å². The third-order valence-corrected chi connectivity index (χ3v) is 6.14. The summed E-state index contributed by atoms with van der Waals surface area (Å²) in [5.41, 5.74) is 2.68. The van der Waals surface area contributed by atoms with E-state index in [9.17, 15) is 9.59 Å². The van der Waals surface area contributed by atoms with Crippen molar-refractivity contribution in [3.63, 3.8) is 0 Å². The van der Waals surface area contributed by atoms with E-state index in [1.165, 1.54) is 0 Å². The lowest BCUT2D eigenvalue weighted by atomic mass is 9.92. The van der Waals surface area contributed by atoms with E-state index in [0.717, 1.165) is 21.8 Å². The van der Waals surface area contributed by atoms with Gasteiger partial charge in [-0.3, -0.25) is 9.59 Å². The SMILES string of the molecule is Cc1ccccc1-n1nc(C(C)(C)C)cc1NC(=O)CN(CC(C)C)C(=O)Cc1cccs1. The summed E-state index contributed by atoms with van der Waals surface area (Å²) in [4.78, 5) is 28.7. The summed E-state index contributed by atoms with van der Waals surface area (Å²) in [6, 6.07) is 13.8. The number of aryl methyl sites for hydroxylation is 1. The van der Waals surface area contributed by atoms with Gasteiger partial charge in [-0.1, -0.05) is 58.9 Å². The Bertz CT molecular complexity index is 1090. The molecule has 0 atom stereocenters. The Morgan fingerprint density at radius 3 is 2.48 bits per heavy atom. The Hall–Kier alpha value is -2.93. The number of hydrogen-bond acceptors (Lipinski definition) is 4. The minimum absolute atomic E-state index is 0.00614. The van der Waals surface area contributed by atoms with Crippen molar-refractivity contribution in [2.75, 3.05) is 18.4 Å². The minimum atomic E-state index is -0.231. The number of para-hydroxylation sites is 1. The third kappa shape index (κ3) is 6.54. The third-order valence-electron chi connectivity index (χ3n) is 5.27. The van der Waals surface area contributed by atoms with Crippen molar-refractivity contribution in [3.8, 4) is 5.69 Å². The van der Waals surface area contributed by atoms with Crippen LogP contribution < -0.4 is 5.32 Å². The summed E-state index contributed by atoms with van der Waals surface area (Å²) in [6.45, 7) is 12.9. The Labute approximate surface area is 200 Å². The number of anilines is 1. The molecule has 2 aromatic heterocycles. The first-order valence-corrected chi connectivity index (χ1v) is 12.2. The number of nitrogens with zero attached hydrogens (tertiary/aromatic N) is 3. The first-order chi connectivity index (χ1) is 15.5. The number of carbonyl (C=O) groups is 2. The maximum absolute atomic E-state index is 13.1. The second-order valence-electron chi connectivity index (χ2n) is 9.84. The van der Waals surface area contributed by atoms with Crippen LogP contribution in [0.5, 0.6) is 0 Å². The van der Waals surface area contributed by atoms with Gasteiger partial charge in [0.1, 0.15) is 5.82 Å². The molecule has 3 rings (SSSR count). The second kappa shape index (κ2) is 10.3. The molecule has 7 heteroatoms. The standard InChI is InChI=1S/C26H34N4O2S/c1-18(2)16-29(25(32)14-20-11-9-13-33-20)17-24(31)27-23-15-22(26(4,5)6)28-30(23)21-12-8-7-10-19(21)3/h7-13,15,18H,14,16-17H2,1-6H3,(H,27,31). The number of amides is 2. The number of aromatic nitrogens is 2. The number of nitrogens with one attached hydrogen (secondary N) is 1. The molecule has 0 aliphatic heterocycles. The highest BCUT2D eigenvalue weighted by molar-refractivity contribution is 7.10. The Kier molecular flexibility index (Phi) is 7.74. The fourth-order valence-electron chi connectivity index (χ4n) is 3.55. The molecule has 6 nitrogen and oxygen atoms in total. The Morgan fingerprint density at radius 1 is 1.15 bits per heavy atom. The summed E-state index contributed by atoms with van der Waals surface area (Å²) in [5, 5.41) is 9.78. The number of rotatable bonds is 8. The summed E-state index contributed by atoms with van der Waals surface area (Å²) < 4.78 is 1.79. The topological polar surface area (TPSA) is 67.2 Å². The van der Waals surface area contributed by atoms with Gasteiger partial charge < -0.3 is 10.2 Å². The van der Waals surface area contributed by atoms with Gasteiger partial charge in [-0.15, -0.1) is 11.3 Å². The van der Waals surface area contributed by atoms with Crippen molar-refractivity contribution < 1.29 is 9.59 Å². The van der Waals surface area contributed by atoms with Crippen LogP contribution in [0.2, 0.25) is 0 Å². The zero-order valence-electron chi connectivity index (χ0n) is 20.4. The van der Waals surface area contributed by atoms with E-state index in [1.54, 1.807) is 20.9 Å². The lowest BCUT2D eigenvalue weighted by Gasteiger charge is -2.24. The molecule has 0 aliphatic rings. The maximum atomic E-state index is 13.1. The van der Waals surface area contributed by atoms with Crippen molar-refractivity contribution in [2.45, 2.75) is 53.4 Å². The molecule has 2 heterocycles. The van der Waals surface area contributed by atoms with Gasteiger partial charge in [0.15, 0.2) is 0 Å². The summed E-state index contributed by atoms with van der Waals surface area (Å²) >= 11 is 1.56. The van der Waals surface area contributed by atoms with Gasteiger partial charge in [0, 0.05) is 22.9 Å². The van der Waals surface area contributed by atoms with Crippen molar-refractivity contribution in [1.82, 2.24) is 14.7 Å². The molecule has 2 amide bonds. The van der Waals surface area contributed by atoms with Crippen LogP contribution >= 0.6 is 11.3 Å². The normalized spacial score (nSPS) is 11.6. The van der Waals surface area contributed by atoms with Crippen molar-refractivity contribution >= 4 is 29.0 Å². The van der Waals surface area contributed by atoms with Crippen LogP contribution in [0.4, 0.5) is 5.82 Å². The molecule has 1 N–H and O–H groups in total. The fourth-order valence-corrected chi connectivity index (χ4v) is 4.24. The van der Waals surface area contributed by atoms with Crippen LogP contribution in [0.15, 0.2) is 47.8 Å². The molecule has 0 bridgehead atoms. The smallest absolute Gasteiger partial charge is 0.245 e. The molecule has 3 aromatic rings. The predicted molar refractivity (Wildman–Crippen MR) is 135 cm³/mol. The quantitative estimate of drug-likeness (QED) is 0.496. The molecule has 0 unspecified atom stereocenters. The molecule has 176 valence electrons. The van der Waals surface area contributed by atoms with Gasteiger partial charge in [0.25, 0.3) is 0 Å². The Balaban J connectivity index is 1.83. The molecule has 0 saturated heterocycles. The summed E-state index contributed by atoms with van der Waals surface area (Å²) in [6.07, 6.45) is 0.312. The largest absolute Gasteiger partial charge is 0.333 e. The Morgan fingerprint density at radius 2 is 1.88 bits per heavy atom. The summed E-state index contributed by atoms with van der Waals surface area (Å²) in [7, 11) is 0. The first kappa shape index (κ1) is 24.7. The molecule has 0 saturated carbocycles. The molecule has 0 spiro atoms. The maximum Gasteiger partial charge on any atom is 0.245 e. The van der Waals surface area contributed by atoms with Gasteiger partial charge in [0.05, 0.1) is 24.3 Å². The number of carbonyl (C=O) groups excluding carboxylic acids is 2. The lowest BCUT2D eigenvalue weighted by molar-refractivity contribution is -0.134. The van der Waals surface area contributed by atoms with E-state index < -0.39 is 0 Å². The minimum Gasteiger partial charge on any atom is -0.333 e. The average molecular weight is 467 g/mol. The van der Waals surface area contributed by atoms with Gasteiger partial charge in [0.2, 0.25) is 11.8 Å². The highest BCUT2D eigenvalue weighted by atomic mass is 32.1. The predicted octanol–water partition coefficient (Wildman–Crippen LogP) is 5.21. The molecule has 1 aromatic carbocycles. The van der Waals surface area contributed by atoms with E-state index in [4.69, 9.17) is 5.10 Å². The molecular formula is C26H34N4O2S.